The SMILES string of the molecule is Cc1cc(C)c2oc(-c3ccc(OCc4ccc(N)cc4)cc3)nc2c1. The molecule has 1 aromatic heterocycles. The first kappa shape index (κ1) is 16.2. The highest BCUT2D eigenvalue weighted by atomic mass is 16.5. The Morgan fingerprint density at radius 2 is 1.69 bits per heavy atom. The summed E-state index contributed by atoms with van der Waals surface area (Å²) in [5.74, 6) is 1.42. The van der Waals surface area contributed by atoms with E-state index in [9.17, 15) is 0 Å². The van der Waals surface area contributed by atoms with Gasteiger partial charge in [-0.25, -0.2) is 4.98 Å². The summed E-state index contributed by atoms with van der Waals surface area (Å²) in [5, 5.41) is 0. The van der Waals surface area contributed by atoms with Crippen molar-refractivity contribution in [3.63, 3.8) is 0 Å². The highest BCUT2D eigenvalue weighted by Crippen LogP contribution is 2.28. The van der Waals surface area contributed by atoms with Crippen molar-refractivity contribution in [2.75, 3.05) is 5.73 Å². The van der Waals surface area contributed by atoms with Gasteiger partial charge in [0.1, 0.15) is 17.9 Å². The molecule has 0 aliphatic rings. The molecular formula is C22H20N2O2. The predicted octanol–water partition coefficient (Wildman–Crippen LogP) is 5.27. The highest BCUT2D eigenvalue weighted by Gasteiger charge is 2.11. The summed E-state index contributed by atoms with van der Waals surface area (Å²) >= 11 is 0. The lowest BCUT2D eigenvalue weighted by molar-refractivity contribution is 0.306. The maximum absolute atomic E-state index is 5.96. The Hall–Kier alpha value is -3.27. The van der Waals surface area contributed by atoms with E-state index in [1.165, 1.54) is 5.56 Å². The number of oxazole rings is 1. The number of ether oxygens (including phenoxy) is 1. The molecule has 0 aliphatic heterocycles. The molecule has 0 saturated carbocycles. The maximum Gasteiger partial charge on any atom is 0.227 e. The van der Waals surface area contributed by atoms with Gasteiger partial charge in [0, 0.05) is 11.3 Å². The van der Waals surface area contributed by atoms with Crippen LogP contribution in [-0.4, -0.2) is 4.98 Å². The molecule has 4 heteroatoms. The van der Waals surface area contributed by atoms with Gasteiger partial charge in [-0.2, -0.15) is 0 Å². The molecule has 0 fully saturated rings. The summed E-state index contributed by atoms with van der Waals surface area (Å²) in [6, 6.07) is 19.6. The lowest BCUT2D eigenvalue weighted by Gasteiger charge is -2.07. The number of nitrogen functional groups attached to an aromatic ring is 1. The highest BCUT2D eigenvalue weighted by molar-refractivity contribution is 5.80. The van der Waals surface area contributed by atoms with Crippen molar-refractivity contribution >= 4 is 16.8 Å². The van der Waals surface area contributed by atoms with E-state index >= 15 is 0 Å². The van der Waals surface area contributed by atoms with E-state index in [4.69, 9.17) is 14.9 Å². The number of rotatable bonds is 4. The molecule has 0 radical (unpaired) electrons. The van der Waals surface area contributed by atoms with Crippen LogP contribution in [0.4, 0.5) is 5.69 Å². The van der Waals surface area contributed by atoms with Crippen molar-refractivity contribution in [3.8, 4) is 17.2 Å². The van der Waals surface area contributed by atoms with Gasteiger partial charge in [0.15, 0.2) is 5.58 Å². The summed E-state index contributed by atoms with van der Waals surface area (Å²) in [5.41, 5.74) is 12.5. The van der Waals surface area contributed by atoms with Gasteiger partial charge in [-0.05, 0) is 73.0 Å². The molecule has 2 N–H and O–H groups in total. The van der Waals surface area contributed by atoms with Crippen LogP contribution in [0.1, 0.15) is 16.7 Å². The van der Waals surface area contributed by atoms with E-state index in [1.54, 1.807) is 0 Å². The molecule has 0 bridgehead atoms. The normalized spacial score (nSPS) is 11.0. The number of aryl methyl sites for hydroxylation is 2. The summed E-state index contributed by atoms with van der Waals surface area (Å²) in [6.07, 6.45) is 0. The molecular weight excluding hydrogens is 324 g/mol. The predicted molar refractivity (Wildman–Crippen MR) is 104 cm³/mol. The van der Waals surface area contributed by atoms with Gasteiger partial charge < -0.3 is 14.9 Å². The number of hydrogen-bond acceptors (Lipinski definition) is 4. The Morgan fingerprint density at radius 3 is 2.42 bits per heavy atom. The standard InChI is InChI=1S/C22H20N2O2/c1-14-11-15(2)21-20(12-14)24-22(26-21)17-5-9-19(10-6-17)25-13-16-3-7-18(23)8-4-16/h3-12H,13,23H2,1-2H3. The lowest BCUT2D eigenvalue weighted by atomic mass is 10.1. The monoisotopic (exact) mass is 344 g/mol. The average Bonchev–Trinajstić information content (AvgIpc) is 3.06. The smallest absolute Gasteiger partial charge is 0.227 e. The first-order chi connectivity index (χ1) is 12.6. The van der Waals surface area contributed by atoms with Crippen molar-refractivity contribution in [1.29, 1.82) is 0 Å². The third-order valence-corrected chi connectivity index (χ3v) is 4.31. The Bertz CT molecular complexity index is 1050. The Morgan fingerprint density at radius 1 is 0.962 bits per heavy atom. The van der Waals surface area contributed by atoms with E-state index in [2.05, 4.69) is 18.0 Å². The van der Waals surface area contributed by atoms with Crippen LogP contribution in [0.2, 0.25) is 0 Å². The van der Waals surface area contributed by atoms with Crippen LogP contribution in [0.15, 0.2) is 65.1 Å². The topological polar surface area (TPSA) is 61.3 Å². The Labute approximate surface area is 152 Å². The van der Waals surface area contributed by atoms with Gasteiger partial charge in [-0.3, -0.25) is 0 Å². The third kappa shape index (κ3) is 3.26. The van der Waals surface area contributed by atoms with Crippen LogP contribution >= 0.6 is 0 Å². The van der Waals surface area contributed by atoms with Crippen molar-refractivity contribution in [3.05, 3.63) is 77.4 Å². The molecule has 1 heterocycles. The fourth-order valence-electron chi connectivity index (χ4n) is 2.97. The van der Waals surface area contributed by atoms with Crippen LogP contribution in [0.25, 0.3) is 22.6 Å². The Balaban J connectivity index is 1.52. The first-order valence-corrected chi connectivity index (χ1v) is 8.54. The van der Waals surface area contributed by atoms with E-state index in [1.807, 2.05) is 61.5 Å². The molecule has 130 valence electrons. The van der Waals surface area contributed by atoms with Gasteiger partial charge in [0.2, 0.25) is 5.89 Å². The summed E-state index contributed by atoms with van der Waals surface area (Å²) < 4.78 is 11.8. The molecule has 0 amide bonds. The fourth-order valence-corrected chi connectivity index (χ4v) is 2.97. The number of nitrogens with two attached hydrogens (primary N) is 1. The van der Waals surface area contributed by atoms with Gasteiger partial charge in [-0.1, -0.05) is 18.2 Å². The second-order valence-corrected chi connectivity index (χ2v) is 6.50. The van der Waals surface area contributed by atoms with E-state index in [0.717, 1.165) is 39.2 Å². The molecule has 0 aliphatic carbocycles. The lowest BCUT2D eigenvalue weighted by Crippen LogP contribution is -1.95. The van der Waals surface area contributed by atoms with Crippen LogP contribution in [0, 0.1) is 13.8 Å². The van der Waals surface area contributed by atoms with Crippen molar-refractivity contribution in [2.45, 2.75) is 20.5 Å². The third-order valence-electron chi connectivity index (χ3n) is 4.31. The molecule has 4 aromatic rings. The summed E-state index contributed by atoms with van der Waals surface area (Å²) in [4.78, 5) is 4.62. The first-order valence-electron chi connectivity index (χ1n) is 8.54. The maximum atomic E-state index is 5.96. The zero-order valence-electron chi connectivity index (χ0n) is 14.8. The van der Waals surface area contributed by atoms with Gasteiger partial charge >= 0.3 is 0 Å². The van der Waals surface area contributed by atoms with Crippen molar-refractivity contribution in [1.82, 2.24) is 4.98 Å². The molecule has 4 nitrogen and oxygen atoms in total. The van der Waals surface area contributed by atoms with Crippen molar-refractivity contribution in [2.24, 2.45) is 0 Å². The number of benzene rings is 3. The summed E-state index contributed by atoms with van der Waals surface area (Å²) in [7, 11) is 0. The van der Waals surface area contributed by atoms with Crippen LogP contribution in [0.5, 0.6) is 5.75 Å². The van der Waals surface area contributed by atoms with Gasteiger partial charge in [-0.15, -0.1) is 0 Å². The van der Waals surface area contributed by atoms with E-state index in [0.29, 0.717) is 12.5 Å². The van der Waals surface area contributed by atoms with Crippen molar-refractivity contribution < 1.29 is 9.15 Å². The minimum absolute atomic E-state index is 0.501. The number of hydrogen-bond donors (Lipinski definition) is 1. The molecule has 0 spiro atoms. The summed E-state index contributed by atoms with van der Waals surface area (Å²) in [6.45, 7) is 4.60. The average molecular weight is 344 g/mol. The van der Waals surface area contributed by atoms with E-state index in [-0.39, 0.29) is 0 Å². The number of anilines is 1. The molecule has 0 unspecified atom stereocenters. The Kier molecular flexibility index (Phi) is 4.09. The minimum Gasteiger partial charge on any atom is -0.489 e. The molecule has 3 aromatic carbocycles. The minimum atomic E-state index is 0.501. The zero-order chi connectivity index (χ0) is 18.1. The van der Waals surface area contributed by atoms with Crippen LogP contribution in [0.3, 0.4) is 0 Å². The fraction of sp³-hybridized carbons (Fsp3) is 0.136. The zero-order valence-corrected chi connectivity index (χ0v) is 14.8. The quantitative estimate of drug-likeness (QED) is 0.512. The molecule has 4 rings (SSSR count). The van der Waals surface area contributed by atoms with Gasteiger partial charge in [0.25, 0.3) is 0 Å². The van der Waals surface area contributed by atoms with Crippen LogP contribution in [-0.2, 0) is 6.61 Å². The second kappa shape index (κ2) is 6.56. The van der Waals surface area contributed by atoms with E-state index < -0.39 is 0 Å². The number of aromatic nitrogens is 1. The second-order valence-electron chi connectivity index (χ2n) is 6.50. The molecule has 26 heavy (non-hydrogen) atoms. The van der Waals surface area contributed by atoms with Crippen LogP contribution < -0.4 is 10.5 Å². The number of nitrogens with zero attached hydrogens (tertiary/aromatic N) is 1. The number of fused-ring (bicyclic) bond motifs is 1. The van der Waals surface area contributed by atoms with Gasteiger partial charge in [0.05, 0.1) is 0 Å². The molecule has 0 atom stereocenters. The largest absolute Gasteiger partial charge is 0.489 e. The molecule has 0 saturated heterocycles.